The third kappa shape index (κ3) is 4.31. The Morgan fingerprint density at radius 3 is 2.67 bits per heavy atom. The van der Waals surface area contributed by atoms with Crippen molar-refractivity contribution in [3.63, 3.8) is 0 Å². The summed E-state index contributed by atoms with van der Waals surface area (Å²) in [5.41, 5.74) is 5.43. The van der Waals surface area contributed by atoms with Gasteiger partial charge in [-0.15, -0.1) is 0 Å². The molecule has 1 atom stereocenters. The number of hydrogen-bond donors (Lipinski definition) is 1. The molecule has 0 saturated heterocycles. The van der Waals surface area contributed by atoms with Gasteiger partial charge in [-0.25, -0.2) is 0 Å². The molecule has 0 aliphatic rings. The molecule has 72 valence electrons. The summed E-state index contributed by atoms with van der Waals surface area (Å²) in [5, 5.41) is 0. The lowest BCUT2D eigenvalue weighted by atomic mass is 10.2. The highest BCUT2D eigenvalue weighted by atomic mass is 16.5. The maximum atomic E-state index is 11.2. The summed E-state index contributed by atoms with van der Waals surface area (Å²) in [6.45, 7) is 3.45. The predicted molar refractivity (Wildman–Crippen MR) is 47.7 cm³/mol. The van der Waals surface area contributed by atoms with Gasteiger partial charge in [0.2, 0.25) is 5.91 Å². The first-order valence-corrected chi connectivity index (χ1v) is 4.04. The molecule has 1 unspecified atom stereocenters. The van der Waals surface area contributed by atoms with Crippen LogP contribution in [0.2, 0.25) is 0 Å². The van der Waals surface area contributed by atoms with E-state index in [2.05, 4.69) is 0 Å². The van der Waals surface area contributed by atoms with Crippen molar-refractivity contribution >= 4 is 5.91 Å². The first-order valence-electron chi connectivity index (χ1n) is 4.04. The summed E-state index contributed by atoms with van der Waals surface area (Å²) in [6, 6.07) is 0. The molecule has 0 heterocycles. The molecule has 0 spiro atoms. The van der Waals surface area contributed by atoms with Gasteiger partial charge in [0.15, 0.2) is 0 Å². The molecule has 0 radical (unpaired) electrons. The molecule has 0 aliphatic heterocycles. The van der Waals surface area contributed by atoms with Crippen LogP contribution < -0.4 is 5.73 Å². The van der Waals surface area contributed by atoms with E-state index in [1.165, 1.54) is 7.11 Å². The molecule has 1 amide bonds. The van der Waals surface area contributed by atoms with E-state index < -0.39 is 0 Å². The summed E-state index contributed by atoms with van der Waals surface area (Å²) in [4.78, 5) is 12.8. The van der Waals surface area contributed by atoms with Gasteiger partial charge in [-0.1, -0.05) is 6.92 Å². The molecular weight excluding hydrogens is 156 g/mol. The second-order valence-corrected chi connectivity index (χ2v) is 3.05. The van der Waals surface area contributed by atoms with Crippen molar-refractivity contribution in [1.29, 1.82) is 0 Å². The number of carbonyl (C=O) groups excluding carboxylic acids is 1. The Balaban J connectivity index is 3.70. The smallest absolute Gasteiger partial charge is 0.248 e. The molecule has 0 saturated carbocycles. The SMILES string of the molecule is COCC(=O)N(C)CC(C)CN. The summed E-state index contributed by atoms with van der Waals surface area (Å²) in [7, 11) is 3.27. The molecule has 0 fully saturated rings. The summed E-state index contributed by atoms with van der Waals surface area (Å²) in [6.07, 6.45) is 0. The number of methoxy groups -OCH3 is 1. The normalized spacial score (nSPS) is 12.7. The summed E-state index contributed by atoms with van der Waals surface area (Å²) < 4.78 is 4.72. The molecule has 0 aromatic rings. The zero-order valence-corrected chi connectivity index (χ0v) is 8.04. The van der Waals surface area contributed by atoms with E-state index in [4.69, 9.17) is 10.5 Å². The fourth-order valence-corrected chi connectivity index (χ4v) is 0.878. The van der Waals surface area contributed by atoms with Crippen molar-refractivity contribution in [2.75, 3.05) is 33.9 Å². The minimum atomic E-state index is -0.00204. The summed E-state index contributed by atoms with van der Waals surface area (Å²) in [5.74, 6) is 0.341. The van der Waals surface area contributed by atoms with Gasteiger partial charge < -0.3 is 15.4 Å². The van der Waals surface area contributed by atoms with Crippen LogP contribution in [0.3, 0.4) is 0 Å². The van der Waals surface area contributed by atoms with Crippen LogP contribution in [0.15, 0.2) is 0 Å². The van der Waals surface area contributed by atoms with E-state index in [1.54, 1.807) is 11.9 Å². The van der Waals surface area contributed by atoms with E-state index in [9.17, 15) is 4.79 Å². The third-order valence-corrected chi connectivity index (χ3v) is 1.68. The van der Waals surface area contributed by atoms with Gasteiger partial charge in [0, 0.05) is 20.7 Å². The van der Waals surface area contributed by atoms with E-state index in [-0.39, 0.29) is 12.5 Å². The lowest BCUT2D eigenvalue weighted by molar-refractivity contribution is -0.134. The lowest BCUT2D eigenvalue weighted by Crippen LogP contribution is -2.35. The number of likely N-dealkylation sites (N-methyl/N-ethyl adjacent to an activating group) is 1. The lowest BCUT2D eigenvalue weighted by Gasteiger charge is -2.20. The number of nitrogens with zero attached hydrogens (tertiary/aromatic N) is 1. The second kappa shape index (κ2) is 5.97. The standard InChI is InChI=1S/C8H18N2O2/c1-7(4-9)5-10(2)8(11)6-12-3/h7H,4-6,9H2,1-3H3. The van der Waals surface area contributed by atoms with Crippen LogP contribution in [-0.2, 0) is 9.53 Å². The zero-order chi connectivity index (χ0) is 9.56. The fraction of sp³-hybridized carbons (Fsp3) is 0.875. The first-order chi connectivity index (χ1) is 5.61. The Labute approximate surface area is 73.7 Å². The molecule has 0 rings (SSSR count). The van der Waals surface area contributed by atoms with Gasteiger partial charge in [-0.2, -0.15) is 0 Å². The van der Waals surface area contributed by atoms with Crippen molar-refractivity contribution in [3.8, 4) is 0 Å². The van der Waals surface area contributed by atoms with E-state index in [0.29, 0.717) is 19.0 Å². The van der Waals surface area contributed by atoms with Crippen molar-refractivity contribution in [3.05, 3.63) is 0 Å². The van der Waals surface area contributed by atoms with Gasteiger partial charge in [0.25, 0.3) is 0 Å². The van der Waals surface area contributed by atoms with Crippen LogP contribution in [-0.4, -0.2) is 44.7 Å². The monoisotopic (exact) mass is 174 g/mol. The molecule has 4 heteroatoms. The van der Waals surface area contributed by atoms with Crippen LogP contribution in [0.5, 0.6) is 0 Å². The predicted octanol–water partition coefficient (Wildman–Crippen LogP) is -0.314. The highest BCUT2D eigenvalue weighted by Crippen LogP contribution is 1.95. The maximum absolute atomic E-state index is 11.2. The average molecular weight is 174 g/mol. The number of rotatable bonds is 5. The Morgan fingerprint density at radius 1 is 1.67 bits per heavy atom. The van der Waals surface area contributed by atoms with Gasteiger partial charge in [0.1, 0.15) is 6.61 Å². The molecular formula is C8H18N2O2. The molecule has 0 aromatic heterocycles. The zero-order valence-electron chi connectivity index (χ0n) is 8.04. The van der Waals surface area contributed by atoms with Gasteiger partial charge in [-0.05, 0) is 12.5 Å². The highest BCUT2D eigenvalue weighted by Gasteiger charge is 2.10. The van der Waals surface area contributed by atoms with Crippen LogP contribution in [0.1, 0.15) is 6.92 Å². The van der Waals surface area contributed by atoms with E-state index in [0.717, 1.165) is 0 Å². The van der Waals surface area contributed by atoms with Crippen molar-refractivity contribution in [2.45, 2.75) is 6.92 Å². The van der Waals surface area contributed by atoms with Crippen LogP contribution in [0.25, 0.3) is 0 Å². The van der Waals surface area contributed by atoms with Crippen LogP contribution in [0, 0.1) is 5.92 Å². The molecule has 0 bridgehead atoms. The Morgan fingerprint density at radius 2 is 2.25 bits per heavy atom. The Bertz CT molecular complexity index is 139. The van der Waals surface area contributed by atoms with Gasteiger partial charge in [-0.3, -0.25) is 4.79 Å². The minimum Gasteiger partial charge on any atom is -0.375 e. The second-order valence-electron chi connectivity index (χ2n) is 3.05. The number of ether oxygens (including phenoxy) is 1. The molecule has 4 nitrogen and oxygen atoms in total. The number of hydrogen-bond acceptors (Lipinski definition) is 3. The molecule has 12 heavy (non-hydrogen) atoms. The largest absolute Gasteiger partial charge is 0.375 e. The minimum absolute atomic E-state index is 0.00204. The van der Waals surface area contributed by atoms with Crippen LogP contribution >= 0.6 is 0 Å². The maximum Gasteiger partial charge on any atom is 0.248 e. The van der Waals surface area contributed by atoms with Gasteiger partial charge in [0.05, 0.1) is 0 Å². The average Bonchev–Trinajstić information content (AvgIpc) is 2.04. The van der Waals surface area contributed by atoms with Crippen molar-refractivity contribution in [2.24, 2.45) is 11.7 Å². The number of amides is 1. The highest BCUT2D eigenvalue weighted by molar-refractivity contribution is 5.77. The molecule has 0 aromatic carbocycles. The third-order valence-electron chi connectivity index (χ3n) is 1.68. The van der Waals surface area contributed by atoms with Crippen molar-refractivity contribution in [1.82, 2.24) is 4.90 Å². The fourth-order valence-electron chi connectivity index (χ4n) is 0.878. The molecule has 0 aliphatic carbocycles. The van der Waals surface area contributed by atoms with Crippen molar-refractivity contribution < 1.29 is 9.53 Å². The topological polar surface area (TPSA) is 55.6 Å². The van der Waals surface area contributed by atoms with Crippen LogP contribution in [0.4, 0.5) is 0 Å². The summed E-state index contributed by atoms with van der Waals surface area (Å²) >= 11 is 0. The molecule has 2 N–H and O–H groups in total. The van der Waals surface area contributed by atoms with E-state index in [1.807, 2.05) is 6.92 Å². The quantitative estimate of drug-likeness (QED) is 0.622. The first kappa shape index (κ1) is 11.4. The van der Waals surface area contributed by atoms with E-state index >= 15 is 0 Å². The number of carbonyl (C=O) groups is 1. The Kier molecular flexibility index (Phi) is 5.66. The van der Waals surface area contributed by atoms with Gasteiger partial charge >= 0.3 is 0 Å². The Hall–Kier alpha value is -0.610. The number of nitrogens with two attached hydrogens (primary N) is 1.